The van der Waals surface area contributed by atoms with Crippen molar-refractivity contribution in [3.05, 3.63) is 0 Å². The molecule has 1 heterocycles. The normalized spacial score (nSPS) is 25.5. The van der Waals surface area contributed by atoms with Gasteiger partial charge in [0.15, 0.2) is 0 Å². The molecule has 0 bridgehead atoms. The number of hydrogen-bond acceptors (Lipinski definition) is 3. The highest BCUT2D eigenvalue weighted by atomic mass is 16.5. The molecular weight excluding hydrogens is 192 g/mol. The number of carbonyl (C=O) groups excluding carboxylic acids is 1. The second-order valence-corrected chi connectivity index (χ2v) is 4.27. The second-order valence-electron chi connectivity index (χ2n) is 4.27. The topological polar surface area (TPSA) is 41.6 Å². The Morgan fingerprint density at radius 1 is 1.60 bits per heavy atom. The number of amides is 1. The summed E-state index contributed by atoms with van der Waals surface area (Å²) in [5.74, 6) is 0.257. The molecule has 1 aliphatic heterocycles. The van der Waals surface area contributed by atoms with Gasteiger partial charge in [-0.05, 0) is 26.3 Å². The van der Waals surface area contributed by atoms with Gasteiger partial charge in [-0.1, -0.05) is 0 Å². The Balaban J connectivity index is 2.67. The van der Waals surface area contributed by atoms with Gasteiger partial charge in [-0.2, -0.15) is 0 Å². The fourth-order valence-electron chi connectivity index (χ4n) is 2.09. The molecule has 15 heavy (non-hydrogen) atoms. The Morgan fingerprint density at radius 2 is 2.33 bits per heavy atom. The average molecular weight is 214 g/mol. The van der Waals surface area contributed by atoms with E-state index in [1.54, 1.807) is 7.11 Å². The molecule has 0 spiro atoms. The van der Waals surface area contributed by atoms with E-state index in [-0.39, 0.29) is 11.3 Å². The molecule has 0 aromatic carbocycles. The molecule has 0 aromatic heterocycles. The zero-order valence-electron chi connectivity index (χ0n) is 10.0. The van der Waals surface area contributed by atoms with Gasteiger partial charge in [0.2, 0.25) is 5.91 Å². The monoisotopic (exact) mass is 214 g/mol. The van der Waals surface area contributed by atoms with E-state index in [0.29, 0.717) is 6.61 Å². The molecule has 1 rings (SSSR count). The van der Waals surface area contributed by atoms with Crippen LogP contribution in [-0.2, 0) is 9.53 Å². The Kier molecular flexibility index (Phi) is 4.54. The molecule has 1 amide bonds. The molecule has 1 saturated heterocycles. The largest absolute Gasteiger partial charge is 0.385 e. The van der Waals surface area contributed by atoms with E-state index in [1.165, 1.54) is 0 Å². The minimum absolute atomic E-state index is 0.221. The molecule has 0 aliphatic carbocycles. The highest BCUT2D eigenvalue weighted by Crippen LogP contribution is 2.31. The maximum atomic E-state index is 12.2. The molecule has 0 saturated carbocycles. The van der Waals surface area contributed by atoms with E-state index < -0.39 is 0 Å². The van der Waals surface area contributed by atoms with Crippen molar-refractivity contribution in [1.29, 1.82) is 0 Å². The van der Waals surface area contributed by atoms with Crippen LogP contribution in [0.4, 0.5) is 0 Å². The first kappa shape index (κ1) is 12.5. The Morgan fingerprint density at radius 3 is 2.80 bits per heavy atom. The lowest BCUT2D eigenvalue weighted by molar-refractivity contribution is -0.140. The van der Waals surface area contributed by atoms with Crippen LogP contribution < -0.4 is 5.32 Å². The first-order valence-corrected chi connectivity index (χ1v) is 5.61. The number of ether oxygens (including phenoxy) is 1. The van der Waals surface area contributed by atoms with Gasteiger partial charge in [-0.15, -0.1) is 0 Å². The standard InChI is InChI=1S/C11H22N2O2/c1-4-13(2)10(14)11(6-8-15-3)5-7-12-9-11/h12H,4-9H2,1-3H3. The van der Waals surface area contributed by atoms with Crippen LogP contribution in [0.5, 0.6) is 0 Å². The fourth-order valence-corrected chi connectivity index (χ4v) is 2.09. The smallest absolute Gasteiger partial charge is 0.229 e. The number of nitrogens with zero attached hydrogens (tertiary/aromatic N) is 1. The summed E-state index contributed by atoms with van der Waals surface area (Å²) < 4.78 is 5.09. The van der Waals surface area contributed by atoms with Crippen LogP contribution in [0.15, 0.2) is 0 Å². The fraction of sp³-hybridized carbons (Fsp3) is 0.909. The summed E-state index contributed by atoms with van der Waals surface area (Å²) in [5, 5.41) is 3.28. The summed E-state index contributed by atoms with van der Waals surface area (Å²) in [6.07, 6.45) is 1.75. The molecule has 1 aliphatic rings. The van der Waals surface area contributed by atoms with Gasteiger partial charge < -0.3 is 15.0 Å². The van der Waals surface area contributed by atoms with Crippen LogP contribution in [0.3, 0.4) is 0 Å². The maximum absolute atomic E-state index is 12.2. The van der Waals surface area contributed by atoms with Gasteiger partial charge in [-0.25, -0.2) is 0 Å². The Hall–Kier alpha value is -0.610. The summed E-state index contributed by atoms with van der Waals surface area (Å²) in [6, 6.07) is 0. The van der Waals surface area contributed by atoms with Crippen LogP contribution in [0, 0.1) is 5.41 Å². The van der Waals surface area contributed by atoms with Crippen molar-refractivity contribution in [2.75, 3.05) is 40.4 Å². The quantitative estimate of drug-likeness (QED) is 0.724. The van der Waals surface area contributed by atoms with Gasteiger partial charge in [-0.3, -0.25) is 4.79 Å². The summed E-state index contributed by atoms with van der Waals surface area (Å²) in [6.45, 7) is 5.16. The molecule has 0 aromatic rings. The minimum Gasteiger partial charge on any atom is -0.385 e. The number of hydrogen-bond donors (Lipinski definition) is 1. The molecule has 4 nitrogen and oxygen atoms in total. The third kappa shape index (κ3) is 2.69. The minimum atomic E-state index is -0.221. The van der Waals surface area contributed by atoms with Gasteiger partial charge >= 0.3 is 0 Å². The third-order valence-electron chi connectivity index (χ3n) is 3.30. The van der Waals surface area contributed by atoms with Crippen LogP contribution in [0.2, 0.25) is 0 Å². The Labute approximate surface area is 92.0 Å². The van der Waals surface area contributed by atoms with Crippen molar-refractivity contribution in [3.8, 4) is 0 Å². The molecular formula is C11H22N2O2. The highest BCUT2D eigenvalue weighted by molar-refractivity contribution is 5.83. The van der Waals surface area contributed by atoms with E-state index in [9.17, 15) is 4.79 Å². The number of nitrogens with one attached hydrogen (secondary N) is 1. The lowest BCUT2D eigenvalue weighted by Gasteiger charge is -2.31. The van der Waals surface area contributed by atoms with Crippen LogP contribution in [-0.4, -0.2) is 51.2 Å². The zero-order valence-corrected chi connectivity index (χ0v) is 10.0. The van der Waals surface area contributed by atoms with E-state index in [2.05, 4.69) is 5.32 Å². The predicted octanol–water partition coefficient (Wildman–Crippen LogP) is 0.481. The highest BCUT2D eigenvalue weighted by Gasteiger charge is 2.41. The van der Waals surface area contributed by atoms with E-state index in [1.807, 2.05) is 18.9 Å². The van der Waals surface area contributed by atoms with Crippen molar-refractivity contribution in [2.24, 2.45) is 5.41 Å². The molecule has 1 fully saturated rings. The lowest BCUT2D eigenvalue weighted by atomic mass is 9.82. The molecule has 88 valence electrons. The van der Waals surface area contributed by atoms with Gasteiger partial charge in [0.1, 0.15) is 0 Å². The maximum Gasteiger partial charge on any atom is 0.229 e. The number of carbonyl (C=O) groups is 1. The first-order valence-electron chi connectivity index (χ1n) is 5.61. The summed E-state index contributed by atoms with van der Waals surface area (Å²) in [7, 11) is 3.55. The molecule has 1 unspecified atom stereocenters. The first-order chi connectivity index (χ1) is 7.16. The number of methoxy groups -OCH3 is 1. The average Bonchev–Trinajstić information content (AvgIpc) is 2.74. The van der Waals surface area contributed by atoms with Crippen molar-refractivity contribution in [3.63, 3.8) is 0 Å². The van der Waals surface area contributed by atoms with Crippen molar-refractivity contribution in [1.82, 2.24) is 10.2 Å². The lowest BCUT2D eigenvalue weighted by Crippen LogP contribution is -2.44. The van der Waals surface area contributed by atoms with Gasteiger partial charge in [0, 0.05) is 33.9 Å². The molecule has 0 radical (unpaired) electrons. The predicted molar refractivity (Wildman–Crippen MR) is 59.7 cm³/mol. The van der Waals surface area contributed by atoms with E-state index in [0.717, 1.165) is 32.5 Å². The van der Waals surface area contributed by atoms with E-state index in [4.69, 9.17) is 4.74 Å². The third-order valence-corrected chi connectivity index (χ3v) is 3.30. The SMILES string of the molecule is CCN(C)C(=O)C1(CCOC)CCNC1. The molecule has 1 N–H and O–H groups in total. The van der Waals surface area contributed by atoms with Crippen molar-refractivity contribution in [2.45, 2.75) is 19.8 Å². The number of rotatable bonds is 5. The summed E-state index contributed by atoms with van der Waals surface area (Å²) in [5.41, 5.74) is -0.221. The van der Waals surface area contributed by atoms with Gasteiger partial charge in [0.25, 0.3) is 0 Å². The zero-order chi connectivity index (χ0) is 11.3. The molecule has 4 heteroatoms. The van der Waals surface area contributed by atoms with E-state index >= 15 is 0 Å². The second kappa shape index (κ2) is 5.47. The Bertz CT molecular complexity index is 213. The summed E-state index contributed by atoms with van der Waals surface area (Å²) >= 11 is 0. The van der Waals surface area contributed by atoms with Crippen molar-refractivity contribution < 1.29 is 9.53 Å². The van der Waals surface area contributed by atoms with Gasteiger partial charge in [0.05, 0.1) is 5.41 Å². The van der Waals surface area contributed by atoms with Crippen LogP contribution in [0.25, 0.3) is 0 Å². The van der Waals surface area contributed by atoms with Crippen molar-refractivity contribution >= 4 is 5.91 Å². The van der Waals surface area contributed by atoms with Crippen LogP contribution in [0.1, 0.15) is 19.8 Å². The van der Waals surface area contributed by atoms with Crippen LogP contribution >= 0.6 is 0 Å². The molecule has 1 atom stereocenters. The summed E-state index contributed by atoms with van der Waals surface area (Å²) in [4.78, 5) is 14.0.